The fraction of sp³-hybridized carbons (Fsp3) is 0. The van der Waals surface area contributed by atoms with Gasteiger partial charge in [0.25, 0.3) is 5.91 Å². The second-order valence-corrected chi connectivity index (χ2v) is 5.13. The van der Waals surface area contributed by atoms with Crippen molar-refractivity contribution in [2.45, 2.75) is 0 Å². The zero-order chi connectivity index (χ0) is 14.0. The van der Waals surface area contributed by atoms with Crippen molar-refractivity contribution in [1.82, 2.24) is 0 Å². The Morgan fingerprint density at radius 3 is 2.26 bits per heavy atom. The minimum Gasteiger partial charge on any atom is -0.399 e. The summed E-state index contributed by atoms with van der Waals surface area (Å²) in [6.45, 7) is 0. The molecule has 0 aromatic heterocycles. The van der Waals surface area contributed by atoms with Crippen LogP contribution in [-0.2, 0) is 0 Å². The molecule has 0 atom stereocenters. The molecule has 19 heavy (non-hydrogen) atoms. The molecular formula is C13H9Cl3N2O. The van der Waals surface area contributed by atoms with Gasteiger partial charge in [-0.15, -0.1) is 0 Å². The first-order valence-corrected chi connectivity index (χ1v) is 6.41. The molecule has 3 N–H and O–H groups in total. The van der Waals surface area contributed by atoms with Gasteiger partial charge in [-0.3, -0.25) is 4.79 Å². The van der Waals surface area contributed by atoms with Gasteiger partial charge in [0.15, 0.2) is 0 Å². The molecule has 2 aromatic rings. The second kappa shape index (κ2) is 5.70. The molecule has 0 bridgehead atoms. The van der Waals surface area contributed by atoms with Crippen LogP contribution in [0.25, 0.3) is 0 Å². The van der Waals surface area contributed by atoms with Gasteiger partial charge in [-0.05, 0) is 36.4 Å². The predicted molar refractivity (Wildman–Crippen MR) is 80.3 cm³/mol. The average Bonchev–Trinajstić information content (AvgIpc) is 2.32. The largest absolute Gasteiger partial charge is 0.399 e. The van der Waals surface area contributed by atoms with E-state index in [4.69, 9.17) is 40.5 Å². The quantitative estimate of drug-likeness (QED) is 0.803. The number of hydrogen-bond donors (Lipinski definition) is 2. The van der Waals surface area contributed by atoms with Crippen LogP contribution in [-0.4, -0.2) is 5.91 Å². The number of benzene rings is 2. The first-order chi connectivity index (χ1) is 8.95. The van der Waals surface area contributed by atoms with Crippen LogP contribution in [0.1, 0.15) is 10.4 Å². The highest BCUT2D eigenvalue weighted by Gasteiger charge is 2.10. The van der Waals surface area contributed by atoms with Crippen LogP contribution in [0.15, 0.2) is 36.4 Å². The van der Waals surface area contributed by atoms with Gasteiger partial charge in [-0.1, -0.05) is 34.8 Å². The van der Waals surface area contributed by atoms with Crippen LogP contribution < -0.4 is 11.1 Å². The number of anilines is 2. The number of halogens is 3. The number of nitrogen functional groups attached to an aromatic ring is 1. The minimum atomic E-state index is -0.364. The van der Waals surface area contributed by atoms with E-state index in [0.29, 0.717) is 32.0 Å². The average molecular weight is 316 g/mol. The Bertz CT molecular complexity index is 624. The molecule has 2 aromatic carbocycles. The van der Waals surface area contributed by atoms with Crippen molar-refractivity contribution in [1.29, 1.82) is 0 Å². The molecule has 0 aliphatic carbocycles. The van der Waals surface area contributed by atoms with Gasteiger partial charge >= 0.3 is 0 Å². The molecule has 6 heteroatoms. The third-order valence-corrected chi connectivity index (χ3v) is 3.13. The van der Waals surface area contributed by atoms with E-state index in [-0.39, 0.29) is 5.91 Å². The highest BCUT2D eigenvalue weighted by molar-refractivity contribution is 6.36. The number of carbonyl (C=O) groups is 1. The molecule has 2 rings (SSSR count). The Morgan fingerprint density at radius 1 is 1.00 bits per heavy atom. The maximum Gasteiger partial charge on any atom is 0.255 e. The molecule has 98 valence electrons. The molecule has 0 fully saturated rings. The van der Waals surface area contributed by atoms with Crippen LogP contribution in [0.3, 0.4) is 0 Å². The van der Waals surface area contributed by atoms with Gasteiger partial charge in [-0.25, -0.2) is 0 Å². The Morgan fingerprint density at radius 2 is 1.63 bits per heavy atom. The highest BCUT2D eigenvalue weighted by Crippen LogP contribution is 2.25. The van der Waals surface area contributed by atoms with Gasteiger partial charge in [-0.2, -0.15) is 0 Å². The molecule has 0 radical (unpaired) electrons. The maximum atomic E-state index is 12.1. The lowest BCUT2D eigenvalue weighted by atomic mass is 10.2. The summed E-state index contributed by atoms with van der Waals surface area (Å²) in [5, 5.41) is 3.82. The van der Waals surface area contributed by atoms with Gasteiger partial charge in [0, 0.05) is 21.3 Å². The van der Waals surface area contributed by atoms with Gasteiger partial charge < -0.3 is 11.1 Å². The summed E-state index contributed by atoms with van der Waals surface area (Å²) in [4.78, 5) is 12.1. The Labute approximate surface area is 125 Å². The van der Waals surface area contributed by atoms with Crippen LogP contribution >= 0.6 is 34.8 Å². The molecule has 0 heterocycles. The predicted octanol–water partition coefficient (Wildman–Crippen LogP) is 4.48. The fourth-order valence-corrected chi connectivity index (χ4v) is 2.21. The monoisotopic (exact) mass is 314 g/mol. The molecule has 0 saturated heterocycles. The molecule has 3 nitrogen and oxygen atoms in total. The van der Waals surface area contributed by atoms with E-state index < -0.39 is 0 Å². The zero-order valence-corrected chi connectivity index (χ0v) is 11.9. The smallest absolute Gasteiger partial charge is 0.255 e. The third-order valence-electron chi connectivity index (χ3n) is 2.36. The summed E-state index contributed by atoms with van der Waals surface area (Å²) in [6, 6.07) is 9.41. The molecular weight excluding hydrogens is 307 g/mol. The topological polar surface area (TPSA) is 55.1 Å². The molecule has 0 spiro atoms. The highest BCUT2D eigenvalue weighted by atomic mass is 35.5. The van der Waals surface area contributed by atoms with E-state index >= 15 is 0 Å². The molecule has 1 amide bonds. The van der Waals surface area contributed by atoms with Crippen molar-refractivity contribution in [3.8, 4) is 0 Å². The second-order valence-electron chi connectivity index (χ2n) is 3.85. The van der Waals surface area contributed by atoms with Crippen molar-refractivity contribution < 1.29 is 4.79 Å². The maximum absolute atomic E-state index is 12.1. The molecule has 0 saturated carbocycles. The first kappa shape index (κ1) is 14.0. The van der Waals surface area contributed by atoms with Crippen LogP contribution in [0, 0.1) is 0 Å². The lowest BCUT2D eigenvalue weighted by Gasteiger charge is -2.08. The molecule has 0 unspecified atom stereocenters. The van der Waals surface area contributed by atoms with E-state index in [1.165, 1.54) is 12.1 Å². The summed E-state index contributed by atoms with van der Waals surface area (Å²) in [6.07, 6.45) is 0. The number of nitrogens with one attached hydrogen (secondary N) is 1. The number of nitrogens with two attached hydrogens (primary N) is 1. The number of rotatable bonds is 2. The number of amides is 1. The standard InChI is InChI=1S/C13H9Cl3N2O/c14-8-3-7(4-9(15)5-8)13(19)18-12-6-10(17)1-2-11(12)16/h1-6H,17H2,(H,18,19). The Hall–Kier alpha value is -1.42. The van der Waals surface area contributed by atoms with Crippen molar-refractivity contribution >= 4 is 52.1 Å². The van der Waals surface area contributed by atoms with E-state index in [9.17, 15) is 4.79 Å². The van der Waals surface area contributed by atoms with E-state index in [0.717, 1.165) is 0 Å². The van der Waals surface area contributed by atoms with Gasteiger partial charge in [0.1, 0.15) is 0 Å². The fourth-order valence-electron chi connectivity index (χ4n) is 1.52. The summed E-state index contributed by atoms with van der Waals surface area (Å²) >= 11 is 17.7. The lowest BCUT2D eigenvalue weighted by Crippen LogP contribution is -2.12. The SMILES string of the molecule is Nc1ccc(Cl)c(NC(=O)c2cc(Cl)cc(Cl)c2)c1. The lowest BCUT2D eigenvalue weighted by molar-refractivity contribution is 0.102. The van der Waals surface area contributed by atoms with Gasteiger partial charge in [0.05, 0.1) is 10.7 Å². The van der Waals surface area contributed by atoms with Crippen LogP contribution in [0.5, 0.6) is 0 Å². The Balaban J connectivity index is 2.28. The van der Waals surface area contributed by atoms with E-state index in [2.05, 4.69) is 5.32 Å². The summed E-state index contributed by atoms with van der Waals surface area (Å²) in [5.41, 5.74) is 6.92. The van der Waals surface area contributed by atoms with E-state index in [1.54, 1.807) is 24.3 Å². The first-order valence-electron chi connectivity index (χ1n) is 5.28. The molecule has 0 aliphatic rings. The van der Waals surface area contributed by atoms with E-state index in [1.807, 2.05) is 0 Å². The normalized spacial score (nSPS) is 10.3. The molecule has 0 aliphatic heterocycles. The number of hydrogen-bond acceptors (Lipinski definition) is 2. The minimum absolute atomic E-state index is 0.344. The van der Waals surface area contributed by atoms with Crippen LogP contribution in [0.4, 0.5) is 11.4 Å². The van der Waals surface area contributed by atoms with Crippen molar-refractivity contribution in [3.63, 3.8) is 0 Å². The third kappa shape index (κ3) is 3.53. The van der Waals surface area contributed by atoms with Gasteiger partial charge in [0.2, 0.25) is 0 Å². The summed E-state index contributed by atoms with van der Waals surface area (Å²) in [5.74, 6) is -0.364. The van der Waals surface area contributed by atoms with Crippen molar-refractivity contribution in [3.05, 3.63) is 57.0 Å². The Kier molecular flexibility index (Phi) is 4.20. The van der Waals surface area contributed by atoms with Crippen molar-refractivity contribution in [2.75, 3.05) is 11.1 Å². The van der Waals surface area contributed by atoms with Crippen LogP contribution in [0.2, 0.25) is 15.1 Å². The number of carbonyl (C=O) groups excluding carboxylic acids is 1. The van der Waals surface area contributed by atoms with Crippen molar-refractivity contribution in [2.24, 2.45) is 0 Å². The summed E-state index contributed by atoms with van der Waals surface area (Å²) in [7, 11) is 0. The zero-order valence-electron chi connectivity index (χ0n) is 9.58. The summed E-state index contributed by atoms with van der Waals surface area (Å²) < 4.78 is 0.